The third-order valence-corrected chi connectivity index (χ3v) is 16.2. The van der Waals surface area contributed by atoms with Gasteiger partial charge in [-0.15, -0.1) is 11.3 Å². The Balaban J connectivity index is 1.17. The molecule has 4 heteroatoms. The van der Waals surface area contributed by atoms with Gasteiger partial charge in [-0.2, -0.15) is 0 Å². The van der Waals surface area contributed by atoms with Crippen molar-refractivity contribution in [1.82, 2.24) is 0 Å². The Morgan fingerprint density at radius 1 is 0.463 bits per heavy atom. The largest absolute Gasteiger partial charge is 0.376 e. The second-order valence-electron chi connectivity index (χ2n) is 19.6. The maximum Gasteiger partial charge on any atom is 0.333 e. The van der Waals surface area contributed by atoms with Crippen LogP contribution in [0, 0.1) is 0 Å². The van der Waals surface area contributed by atoms with Crippen LogP contribution in [-0.4, -0.2) is 6.85 Å². The van der Waals surface area contributed by atoms with Gasteiger partial charge in [0, 0.05) is 54.0 Å². The molecule has 11 aromatic rings. The molecule has 3 aliphatic rings. The average molecular weight is 873 g/mol. The Hall–Kier alpha value is -7.66. The molecule has 0 N–H and O–H groups in total. The van der Waals surface area contributed by atoms with Crippen LogP contribution in [0.25, 0.3) is 53.2 Å². The van der Waals surface area contributed by atoms with Crippen LogP contribution in [0.3, 0.4) is 0 Å². The lowest BCUT2D eigenvalue weighted by Crippen LogP contribution is -2.63. The number of hydrogen-bond donors (Lipinski definition) is 0. The predicted octanol–water partition coefficient (Wildman–Crippen LogP) is 15.6. The first-order valence-electron chi connectivity index (χ1n) is 23.5. The van der Waals surface area contributed by atoms with Gasteiger partial charge < -0.3 is 9.71 Å². The highest BCUT2D eigenvalue weighted by molar-refractivity contribution is 7.26. The van der Waals surface area contributed by atoms with Crippen LogP contribution in [0.15, 0.2) is 218 Å². The topological polar surface area (TPSA) is 6.48 Å². The van der Waals surface area contributed by atoms with E-state index in [0.29, 0.717) is 0 Å². The third kappa shape index (κ3) is 5.33. The molecule has 0 fully saturated rings. The minimum atomic E-state index is -0.579. The molecule has 10 aromatic carbocycles. The third-order valence-electron chi connectivity index (χ3n) is 15.0. The fourth-order valence-electron chi connectivity index (χ4n) is 12.2. The van der Waals surface area contributed by atoms with Gasteiger partial charge >= 0.3 is 6.85 Å². The first-order valence-corrected chi connectivity index (χ1v) is 24.4. The number of fused-ring (bicyclic) bond motifs is 11. The Morgan fingerprint density at radius 2 is 1.12 bits per heavy atom. The molecule has 0 atom stereocenters. The number of thiophene rings is 1. The summed E-state index contributed by atoms with van der Waals surface area (Å²) in [7, 11) is 0. The molecule has 316 valence electrons. The number of benzene rings is 10. The molecule has 0 radical (unpaired) electrons. The van der Waals surface area contributed by atoms with Gasteiger partial charge in [0.05, 0.1) is 11.1 Å². The Bertz CT molecular complexity index is 3770. The Labute approximate surface area is 396 Å². The summed E-state index contributed by atoms with van der Waals surface area (Å²) in [5.41, 5.74) is 19.7. The van der Waals surface area contributed by atoms with Crippen LogP contribution in [0.4, 0.5) is 28.4 Å². The van der Waals surface area contributed by atoms with E-state index >= 15 is 0 Å². The standard InChI is InChI=1S/C63H45BN2S/c1-62(2,3)44-34-35-53(48(37-44)40-20-7-4-8-21-40)65-55-38-49-46-28-15-18-33-57(46)67-58(49)39-52(55)64-60-56(65)36-41-22-13-14-27-45(41)59(60)47-29-19-31-51-61(47)66(64)54-32-17-16-30-50(54)63(51,42-23-9-5-10-24-42)43-25-11-6-12-26-43/h4-39H,1-3H3. The highest BCUT2D eigenvalue weighted by Crippen LogP contribution is 2.61. The second-order valence-corrected chi connectivity index (χ2v) is 20.7. The van der Waals surface area contributed by atoms with Crippen molar-refractivity contribution in [3.05, 3.63) is 246 Å². The summed E-state index contributed by atoms with van der Waals surface area (Å²) in [6, 6.07) is 82.8. The summed E-state index contributed by atoms with van der Waals surface area (Å²) in [6.45, 7) is 6.83. The van der Waals surface area contributed by atoms with Gasteiger partial charge in [-0.05, 0) is 109 Å². The normalized spacial score (nSPS) is 14.2. The van der Waals surface area contributed by atoms with Crippen LogP contribution in [0.5, 0.6) is 0 Å². The summed E-state index contributed by atoms with van der Waals surface area (Å²) in [6.07, 6.45) is 0. The highest BCUT2D eigenvalue weighted by atomic mass is 32.1. The van der Waals surface area contributed by atoms with Crippen molar-refractivity contribution in [3.63, 3.8) is 0 Å². The lowest BCUT2D eigenvalue weighted by Gasteiger charge is -2.53. The molecule has 0 bridgehead atoms. The number of nitrogens with zero attached hydrogens (tertiary/aromatic N) is 2. The zero-order valence-electron chi connectivity index (χ0n) is 37.7. The zero-order valence-corrected chi connectivity index (χ0v) is 38.5. The number of para-hydroxylation sites is 2. The fraction of sp³-hybridized carbons (Fsp3) is 0.0794. The summed E-state index contributed by atoms with van der Waals surface area (Å²) in [4.78, 5) is 5.39. The molecule has 0 amide bonds. The van der Waals surface area contributed by atoms with Crippen molar-refractivity contribution in [3.8, 4) is 22.3 Å². The van der Waals surface area contributed by atoms with E-state index in [0.717, 1.165) is 0 Å². The molecule has 0 unspecified atom stereocenters. The molecule has 2 nitrogen and oxygen atoms in total. The summed E-state index contributed by atoms with van der Waals surface area (Å²) in [5.74, 6) is 0. The maximum absolute atomic E-state index is 2.75. The van der Waals surface area contributed by atoms with E-state index in [4.69, 9.17) is 0 Å². The summed E-state index contributed by atoms with van der Waals surface area (Å²) in [5, 5.41) is 5.11. The number of rotatable bonds is 4. The van der Waals surface area contributed by atoms with E-state index in [1.807, 2.05) is 11.3 Å². The van der Waals surface area contributed by atoms with Gasteiger partial charge in [-0.25, -0.2) is 0 Å². The molecule has 67 heavy (non-hydrogen) atoms. The molecule has 4 heterocycles. The molecule has 0 saturated heterocycles. The van der Waals surface area contributed by atoms with E-state index in [-0.39, 0.29) is 12.3 Å². The van der Waals surface area contributed by atoms with E-state index in [1.54, 1.807) is 0 Å². The maximum atomic E-state index is 2.75. The van der Waals surface area contributed by atoms with Gasteiger partial charge in [0.25, 0.3) is 0 Å². The smallest absolute Gasteiger partial charge is 0.333 e. The van der Waals surface area contributed by atoms with E-state index in [1.165, 1.54) is 120 Å². The quantitative estimate of drug-likeness (QED) is 0.163. The SMILES string of the molecule is CC(C)(C)c1ccc(N2c3cc4c(cc3B3c5c2cc2ccccc2c5-c2cccc5c2N3c2ccccc2C5(c2ccccc2)c2ccccc2)sc2ccccc24)c(-c2ccccc2)c1. The first kappa shape index (κ1) is 38.6. The lowest BCUT2D eigenvalue weighted by molar-refractivity contribution is 0.590. The predicted molar refractivity (Wildman–Crippen MR) is 287 cm³/mol. The van der Waals surface area contributed by atoms with Gasteiger partial charge in [0.1, 0.15) is 0 Å². The zero-order chi connectivity index (χ0) is 44.6. The van der Waals surface area contributed by atoms with Crippen molar-refractivity contribution in [2.75, 3.05) is 9.71 Å². The van der Waals surface area contributed by atoms with Crippen LogP contribution in [0.2, 0.25) is 0 Å². The molecular formula is C63H45BN2S. The van der Waals surface area contributed by atoms with Crippen molar-refractivity contribution in [2.45, 2.75) is 31.6 Å². The van der Waals surface area contributed by atoms with Crippen molar-refractivity contribution in [2.24, 2.45) is 0 Å². The fourth-order valence-corrected chi connectivity index (χ4v) is 13.3. The van der Waals surface area contributed by atoms with Crippen molar-refractivity contribution >= 4 is 88.5 Å². The Kier molecular flexibility index (Phi) is 8.17. The van der Waals surface area contributed by atoms with Crippen LogP contribution >= 0.6 is 11.3 Å². The first-order chi connectivity index (χ1) is 32.9. The van der Waals surface area contributed by atoms with Crippen LogP contribution in [0.1, 0.15) is 48.6 Å². The van der Waals surface area contributed by atoms with Gasteiger partial charge in [-0.1, -0.05) is 197 Å². The highest BCUT2D eigenvalue weighted by Gasteiger charge is 2.54. The minimum absolute atomic E-state index is 0.0331. The van der Waals surface area contributed by atoms with Crippen LogP contribution < -0.4 is 20.6 Å². The van der Waals surface area contributed by atoms with E-state index in [2.05, 4.69) is 249 Å². The van der Waals surface area contributed by atoms with Gasteiger partial charge in [0.15, 0.2) is 0 Å². The lowest BCUT2D eigenvalue weighted by atomic mass is 9.42. The summed E-state index contributed by atoms with van der Waals surface area (Å²) < 4.78 is 2.62. The van der Waals surface area contributed by atoms with Gasteiger partial charge in [-0.3, -0.25) is 0 Å². The minimum Gasteiger partial charge on any atom is -0.376 e. The molecule has 3 aliphatic heterocycles. The molecule has 1 aromatic heterocycles. The molecular weight excluding hydrogens is 828 g/mol. The number of hydrogen-bond acceptors (Lipinski definition) is 3. The average Bonchev–Trinajstić information content (AvgIpc) is 3.74. The summed E-state index contributed by atoms with van der Waals surface area (Å²) >= 11 is 1.91. The van der Waals surface area contributed by atoms with Crippen LogP contribution in [-0.2, 0) is 10.8 Å². The van der Waals surface area contributed by atoms with Crippen molar-refractivity contribution in [1.29, 1.82) is 0 Å². The molecule has 14 rings (SSSR count). The van der Waals surface area contributed by atoms with E-state index < -0.39 is 5.41 Å². The molecule has 0 spiro atoms. The van der Waals surface area contributed by atoms with Gasteiger partial charge in [0.2, 0.25) is 0 Å². The number of anilines is 5. The molecule has 0 saturated carbocycles. The second kappa shape index (κ2) is 14.2. The molecule has 0 aliphatic carbocycles. The van der Waals surface area contributed by atoms with Crippen molar-refractivity contribution < 1.29 is 0 Å². The van der Waals surface area contributed by atoms with E-state index in [9.17, 15) is 0 Å². The monoisotopic (exact) mass is 872 g/mol. The Morgan fingerprint density at radius 3 is 1.88 bits per heavy atom.